The van der Waals surface area contributed by atoms with Crippen molar-refractivity contribution >= 4 is 0 Å². The molecule has 1 aromatic carbocycles. The number of hydrogen-bond donors (Lipinski definition) is 1. The summed E-state index contributed by atoms with van der Waals surface area (Å²) in [5.41, 5.74) is 5.58. The summed E-state index contributed by atoms with van der Waals surface area (Å²) in [6.07, 6.45) is 1.31. The van der Waals surface area contributed by atoms with Gasteiger partial charge in [-0.25, -0.2) is 8.78 Å². The molecule has 1 aromatic heterocycles. The van der Waals surface area contributed by atoms with Gasteiger partial charge >= 0.3 is 0 Å². The van der Waals surface area contributed by atoms with Crippen LogP contribution in [0.1, 0.15) is 12.2 Å². The van der Waals surface area contributed by atoms with Crippen molar-refractivity contribution < 1.29 is 13.3 Å². The molecule has 17 heavy (non-hydrogen) atoms. The first kappa shape index (κ1) is 11.7. The van der Waals surface area contributed by atoms with Gasteiger partial charge in [0, 0.05) is 18.1 Å². The predicted molar refractivity (Wildman–Crippen MR) is 57.0 cm³/mol. The predicted octanol–water partition coefficient (Wildman–Crippen LogP) is 1.91. The summed E-state index contributed by atoms with van der Waals surface area (Å²) in [5.74, 6) is -0.769. The molecule has 0 amide bonds. The summed E-state index contributed by atoms with van der Waals surface area (Å²) >= 11 is 0. The molecule has 2 aromatic rings. The molecule has 0 aliphatic heterocycles. The van der Waals surface area contributed by atoms with Gasteiger partial charge < -0.3 is 10.3 Å². The fraction of sp³-hybridized carbons (Fsp3) is 0.273. The molecular formula is C11H11F2N3O. The van der Waals surface area contributed by atoms with E-state index in [1.165, 1.54) is 0 Å². The van der Waals surface area contributed by atoms with Gasteiger partial charge in [0.2, 0.25) is 0 Å². The molecule has 4 nitrogen and oxygen atoms in total. The van der Waals surface area contributed by atoms with Crippen molar-refractivity contribution in [2.75, 3.05) is 6.54 Å². The number of aromatic nitrogens is 2. The lowest BCUT2D eigenvalue weighted by Crippen LogP contribution is -2.01. The van der Waals surface area contributed by atoms with Gasteiger partial charge in [-0.2, -0.15) is 4.98 Å². The van der Waals surface area contributed by atoms with Gasteiger partial charge in [-0.15, -0.1) is 0 Å². The van der Waals surface area contributed by atoms with Gasteiger partial charge in [-0.05, 0) is 25.1 Å². The van der Waals surface area contributed by atoms with Crippen LogP contribution in [0.3, 0.4) is 0 Å². The highest BCUT2D eigenvalue weighted by Gasteiger charge is 2.10. The van der Waals surface area contributed by atoms with Crippen LogP contribution in [-0.4, -0.2) is 16.7 Å². The summed E-state index contributed by atoms with van der Waals surface area (Å²) < 4.78 is 30.9. The Morgan fingerprint density at radius 3 is 2.53 bits per heavy atom. The number of rotatable bonds is 4. The van der Waals surface area contributed by atoms with E-state index in [0.717, 1.165) is 24.6 Å². The van der Waals surface area contributed by atoms with Gasteiger partial charge in [0.15, 0.2) is 5.82 Å². The largest absolute Gasteiger partial charge is 0.334 e. The lowest BCUT2D eigenvalue weighted by molar-refractivity contribution is 0.421. The summed E-state index contributed by atoms with van der Waals surface area (Å²) in [7, 11) is 0. The van der Waals surface area contributed by atoms with Crippen molar-refractivity contribution in [1.82, 2.24) is 10.1 Å². The van der Waals surface area contributed by atoms with Crippen molar-refractivity contribution in [3.05, 3.63) is 35.7 Å². The van der Waals surface area contributed by atoms with Crippen LogP contribution < -0.4 is 5.73 Å². The highest BCUT2D eigenvalue weighted by Crippen LogP contribution is 2.19. The van der Waals surface area contributed by atoms with E-state index in [-0.39, 0.29) is 11.5 Å². The molecule has 0 saturated carbocycles. The molecule has 1 heterocycles. The van der Waals surface area contributed by atoms with Gasteiger partial charge in [-0.3, -0.25) is 0 Å². The van der Waals surface area contributed by atoms with Crippen molar-refractivity contribution in [3.8, 4) is 11.5 Å². The second kappa shape index (κ2) is 5.01. The molecule has 90 valence electrons. The zero-order valence-corrected chi connectivity index (χ0v) is 8.99. The summed E-state index contributed by atoms with van der Waals surface area (Å²) in [4.78, 5) is 4.03. The average molecular weight is 239 g/mol. The van der Waals surface area contributed by atoms with Gasteiger partial charge in [0.05, 0.1) is 0 Å². The maximum atomic E-state index is 13.0. The lowest BCUT2D eigenvalue weighted by Gasteiger charge is -1.95. The Hall–Kier alpha value is -1.82. The molecule has 0 bridgehead atoms. The average Bonchev–Trinajstić information content (AvgIpc) is 2.73. The normalized spacial score (nSPS) is 10.8. The molecule has 2 N–H and O–H groups in total. The van der Waals surface area contributed by atoms with Gasteiger partial charge in [0.1, 0.15) is 11.6 Å². The second-order valence-electron chi connectivity index (χ2n) is 3.57. The van der Waals surface area contributed by atoms with E-state index in [1.54, 1.807) is 0 Å². The Morgan fingerprint density at radius 2 is 1.88 bits per heavy atom. The third-order valence-electron chi connectivity index (χ3n) is 2.18. The third-order valence-corrected chi connectivity index (χ3v) is 2.18. The molecule has 0 unspecified atom stereocenters. The highest BCUT2D eigenvalue weighted by molar-refractivity contribution is 5.52. The Bertz CT molecular complexity index is 493. The fourth-order valence-electron chi connectivity index (χ4n) is 1.41. The lowest BCUT2D eigenvalue weighted by atomic mass is 10.2. The molecule has 0 aliphatic rings. The SMILES string of the molecule is NCCCc1noc(-c2cc(F)cc(F)c2)n1. The van der Waals surface area contributed by atoms with Crippen molar-refractivity contribution in [2.24, 2.45) is 5.73 Å². The topological polar surface area (TPSA) is 64.9 Å². The van der Waals surface area contributed by atoms with Crippen LogP contribution in [0.4, 0.5) is 8.78 Å². The number of hydrogen-bond acceptors (Lipinski definition) is 4. The standard InChI is InChI=1S/C11H11F2N3O/c12-8-4-7(5-9(13)6-8)11-15-10(16-17-11)2-1-3-14/h4-6H,1-3,14H2. The molecular weight excluding hydrogens is 228 g/mol. The fourth-order valence-corrected chi connectivity index (χ4v) is 1.41. The monoisotopic (exact) mass is 239 g/mol. The summed E-state index contributed by atoms with van der Waals surface area (Å²) in [6, 6.07) is 3.07. The minimum atomic E-state index is -0.679. The van der Waals surface area contributed by atoms with E-state index < -0.39 is 11.6 Å². The molecule has 0 saturated heterocycles. The Morgan fingerprint density at radius 1 is 1.18 bits per heavy atom. The summed E-state index contributed by atoms with van der Waals surface area (Å²) in [5, 5.41) is 3.70. The number of benzene rings is 1. The molecule has 0 spiro atoms. The van der Waals surface area contributed by atoms with E-state index in [2.05, 4.69) is 10.1 Å². The zero-order chi connectivity index (χ0) is 12.3. The minimum Gasteiger partial charge on any atom is -0.334 e. The molecule has 6 heteroatoms. The Kier molecular flexibility index (Phi) is 3.43. The maximum absolute atomic E-state index is 13.0. The number of aryl methyl sites for hydroxylation is 1. The number of halogens is 2. The quantitative estimate of drug-likeness (QED) is 0.885. The van der Waals surface area contributed by atoms with Crippen LogP contribution in [-0.2, 0) is 6.42 Å². The molecule has 0 radical (unpaired) electrons. The van der Waals surface area contributed by atoms with Crippen LogP contribution in [0.5, 0.6) is 0 Å². The zero-order valence-electron chi connectivity index (χ0n) is 8.99. The maximum Gasteiger partial charge on any atom is 0.258 e. The van der Waals surface area contributed by atoms with Crippen LogP contribution >= 0.6 is 0 Å². The van der Waals surface area contributed by atoms with E-state index in [0.29, 0.717) is 18.8 Å². The number of nitrogens with two attached hydrogens (primary N) is 1. The molecule has 0 fully saturated rings. The summed E-state index contributed by atoms with van der Waals surface area (Å²) in [6.45, 7) is 0.526. The van der Waals surface area contributed by atoms with Gasteiger partial charge in [0.25, 0.3) is 5.89 Å². The molecule has 0 aliphatic carbocycles. The van der Waals surface area contributed by atoms with E-state index in [9.17, 15) is 8.78 Å². The van der Waals surface area contributed by atoms with E-state index in [4.69, 9.17) is 10.3 Å². The van der Waals surface area contributed by atoms with Crippen LogP contribution in [0.25, 0.3) is 11.5 Å². The van der Waals surface area contributed by atoms with E-state index in [1.807, 2.05) is 0 Å². The number of nitrogens with zero attached hydrogens (tertiary/aromatic N) is 2. The van der Waals surface area contributed by atoms with Crippen molar-refractivity contribution in [2.45, 2.75) is 12.8 Å². The third kappa shape index (κ3) is 2.85. The van der Waals surface area contributed by atoms with Crippen LogP contribution in [0.2, 0.25) is 0 Å². The van der Waals surface area contributed by atoms with E-state index >= 15 is 0 Å². The van der Waals surface area contributed by atoms with Crippen LogP contribution in [0, 0.1) is 11.6 Å². The molecule has 2 rings (SSSR count). The first-order valence-corrected chi connectivity index (χ1v) is 5.18. The second-order valence-corrected chi connectivity index (χ2v) is 3.57. The first-order chi connectivity index (χ1) is 8.19. The minimum absolute atomic E-state index is 0.107. The van der Waals surface area contributed by atoms with Crippen LogP contribution in [0.15, 0.2) is 22.7 Å². The van der Waals surface area contributed by atoms with Crippen molar-refractivity contribution in [1.29, 1.82) is 0 Å². The molecule has 0 atom stereocenters. The highest BCUT2D eigenvalue weighted by atomic mass is 19.1. The smallest absolute Gasteiger partial charge is 0.258 e. The van der Waals surface area contributed by atoms with Gasteiger partial charge in [-0.1, -0.05) is 5.16 Å². The Balaban J connectivity index is 2.24. The first-order valence-electron chi connectivity index (χ1n) is 5.18. The Labute approximate surface area is 96.4 Å². The van der Waals surface area contributed by atoms with Crippen molar-refractivity contribution in [3.63, 3.8) is 0 Å².